The molecule has 5 nitrogen and oxygen atoms in total. The highest BCUT2D eigenvalue weighted by atomic mass is 32.2. The highest BCUT2D eigenvalue weighted by molar-refractivity contribution is 8.00. The van der Waals surface area contributed by atoms with Crippen LogP contribution in [0.5, 0.6) is 0 Å². The van der Waals surface area contributed by atoms with Crippen LogP contribution in [0.4, 0.5) is 0 Å². The van der Waals surface area contributed by atoms with Gasteiger partial charge in [-0.15, -0.1) is 21.5 Å². The van der Waals surface area contributed by atoms with Crippen LogP contribution in [0.25, 0.3) is 10.7 Å². The Hall–Kier alpha value is -2.12. The van der Waals surface area contributed by atoms with Gasteiger partial charge in [0.05, 0.1) is 18.0 Å². The van der Waals surface area contributed by atoms with Gasteiger partial charge in [0.25, 0.3) is 0 Å². The lowest BCUT2D eigenvalue weighted by Gasteiger charge is -2.11. The van der Waals surface area contributed by atoms with Crippen molar-refractivity contribution in [2.45, 2.75) is 23.4 Å². The van der Waals surface area contributed by atoms with Crippen LogP contribution in [-0.2, 0) is 16.1 Å². The summed E-state index contributed by atoms with van der Waals surface area (Å²) in [6.45, 7) is 1.16. The molecule has 24 heavy (non-hydrogen) atoms. The number of thiophene rings is 1. The van der Waals surface area contributed by atoms with E-state index < -0.39 is 0 Å². The van der Waals surface area contributed by atoms with Gasteiger partial charge in [-0.3, -0.25) is 9.36 Å². The Kier molecular flexibility index (Phi) is 4.36. The average molecular weight is 357 g/mol. The number of esters is 1. The Morgan fingerprint density at radius 1 is 1.21 bits per heavy atom. The van der Waals surface area contributed by atoms with Crippen molar-refractivity contribution in [3.8, 4) is 10.7 Å². The largest absolute Gasteiger partial charge is 0.465 e. The highest BCUT2D eigenvalue weighted by Crippen LogP contribution is 2.32. The molecule has 4 rings (SSSR count). The Balaban J connectivity index is 1.69. The molecule has 0 spiro atoms. The van der Waals surface area contributed by atoms with Crippen LogP contribution in [-0.4, -0.2) is 32.6 Å². The summed E-state index contributed by atoms with van der Waals surface area (Å²) >= 11 is 3.08. The average Bonchev–Trinajstić information content (AvgIpc) is 3.32. The molecule has 0 bridgehead atoms. The van der Waals surface area contributed by atoms with Gasteiger partial charge in [-0.2, -0.15) is 0 Å². The standard InChI is InChI=1S/C17H15N3O2S2/c21-16-14(8-9-22-16)24-17-19-18-15(13-7-4-10-23-13)20(17)11-12-5-2-1-3-6-12/h1-7,10,14H,8-9,11H2/t14-/m1/s1. The molecule has 1 aliphatic rings. The van der Waals surface area contributed by atoms with E-state index in [-0.39, 0.29) is 11.2 Å². The van der Waals surface area contributed by atoms with Crippen molar-refractivity contribution in [2.75, 3.05) is 6.61 Å². The molecule has 7 heteroatoms. The number of carbonyl (C=O) groups excluding carboxylic acids is 1. The molecule has 122 valence electrons. The summed E-state index contributed by atoms with van der Waals surface area (Å²) < 4.78 is 7.14. The van der Waals surface area contributed by atoms with Crippen molar-refractivity contribution in [1.82, 2.24) is 14.8 Å². The van der Waals surface area contributed by atoms with Gasteiger partial charge in [0, 0.05) is 6.42 Å². The zero-order valence-electron chi connectivity index (χ0n) is 12.8. The lowest BCUT2D eigenvalue weighted by molar-refractivity contribution is -0.137. The molecular weight excluding hydrogens is 342 g/mol. The normalized spacial score (nSPS) is 17.2. The smallest absolute Gasteiger partial charge is 0.319 e. The summed E-state index contributed by atoms with van der Waals surface area (Å²) in [5.41, 5.74) is 1.17. The summed E-state index contributed by atoms with van der Waals surface area (Å²) in [5.74, 6) is 0.676. The van der Waals surface area contributed by atoms with E-state index in [1.54, 1.807) is 11.3 Å². The van der Waals surface area contributed by atoms with Crippen LogP contribution in [0.1, 0.15) is 12.0 Å². The quantitative estimate of drug-likeness (QED) is 0.655. The van der Waals surface area contributed by atoms with Gasteiger partial charge in [0.1, 0.15) is 5.25 Å². The van der Waals surface area contributed by atoms with Gasteiger partial charge in [-0.25, -0.2) is 0 Å². The van der Waals surface area contributed by atoms with Crippen molar-refractivity contribution in [1.29, 1.82) is 0 Å². The topological polar surface area (TPSA) is 57.0 Å². The van der Waals surface area contributed by atoms with Crippen molar-refractivity contribution in [2.24, 2.45) is 0 Å². The fraction of sp³-hybridized carbons (Fsp3) is 0.235. The fourth-order valence-corrected chi connectivity index (χ4v) is 4.30. The van der Waals surface area contributed by atoms with E-state index in [1.807, 2.05) is 35.7 Å². The maximum atomic E-state index is 11.8. The maximum Gasteiger partial charge on any atom is 0.319 e. The van der Waals surface area contributed by atoms with Crippen LogP contribution >= 0.6 is 23.1 Å². The van der Waals surface area contributed by atoms with Crippen molar-refractivity contribution in [3.05, 3.63) is 53.4 Å². The number of carbonyl (C=O) groups is 1. The van der Waals surface area contributed by atoms with Crippen LogP contribution in [0.2, 0.25) is 0 Å². The van der Waals surface area contributed by atoms with Crippen LogP contribution in [0, 0.1) is 0 Å². The van der Waals surface area contributed by atoms with Crippen LogP contribution < -0.4 is 0 Å². The van der Waals surface area contributed by atoms with Crippen LogP contribution in [0.15, 0.2) is 53.0 Å². The van der Waals surface area contributed by atoms with E-state index in [2.05, 4.69) is 26.9 Å². The Labute approximate surface area is 147 Å². The summed E-state index contributed by atoms with van der Waals surface area (Å²) in [6, 6.07) is 14.2. The third kappa shape index (κ3) is 3.09. The molecule has 1 atom stereocenters. The molecule has 0 saturated carbocycles. The number of hydrogen-bond donors (Lipinski definition) is 0. The monoisotopic (exact) mass is 357 g/mol. The SMILES string of the molecule is O=C1OCC[C@H]1Sc1nnc(-c2cccs2)n1Cc1ccccc1. The minimum atomic E-state index is -0.195. The lowest BCUT2D eigenvalue weighted by Crippen LogP contribution is -2.12. The Morgan fingerprint density at radius 2 is 2.08 bits per heavy atom. The molecule has 0 amide bonds. The summed E-state index contributed by atoms with van der Waals surface area (Å²) in [7, 11) is 0. The second-order valence-corrected chi connectivity index (χ2v) is 7.54. The molecule has 1 saturated heterocycles. The number of cyclic esters (lactones) is 1. The van der Waals surface area contributed by atoms with E-state index in [9.17, 15) is 4.79 Å². The molecule has 1 aliphatic heterocycles. The number of hydrogen-bond acceptors (Lipinski definition) is 6. The molecule has 3 heterocycles. The molecule has 0 aliphatic carbocycles. The minimum absolute atomic E-state index is 0.160. The highest BCUT2D eigenvalue weighted by Gasteiger charge is 2.30. The van der Waals surface area contributed by atoms with Crippen molar-refractivity contribution < 1.29 is 9.53 Å². The second-order valence-electron chi connectivity index (χ2n) is 5.42. The molecule has 1 fully saturated rings. The summed E-state index contributed by atoms with van der Waals surface area (Å²) in [4.78, 5) is 12.9. The Morgan fingerprint density at radius 3 is 2.79 bits per heavy atom. The summed E-state index contributed by atoms with van der Waals surface area (Å²) in [6.07, 6.45) is 0.718. The Bertz CT molecular complexity index is 831. The number of rotatable bonds is 5. The first-order chi connectivity index (χ1) is 11.8. The number of thioether (sulfide) groups is 1. The zero-order chi connectivity index (χ0) is 16.4. The van der Waals surface area contributed by atoms with E-state index in [4.69, 9.17) is 4.74 Å². The lowest BCUT2D eigenvalue weighted by atomic mass is 10.2. The van der Waals surface area contributed by atoms with Gasteiger partial charge >= 0.3 is 5.97 Å². The van der Waals surface area contributed by atoms with Gasteiger partial charge < -0.3 is 4.74 Å². The predicted molar refractivity (Wildman–Crippen MR) is 94.1 cm³/mol. The molecule has 0 unspecified atom stereocenters. The third-order valence-electron chi connectivity index (χ3n) is 3.78. The van der Waals surface area contributed by atoms with Crippen molar-refractivity contribution in [3.63, 3.8) is 0 Å². The molecular formula is C17H15N3O2S2. The zero-order valence-corrected chi connectivity index (χ0v) is 14.4. The van der Waals surface area contributed by atoms with E-state index in [0.29, 0.717) is 13.2 Å². The first-order valence-electron chi connectivity index (χ1n) is 7.65. The number of nitrogens with zero attached hydrogens (tertiary/aromatic N) is 3. The maximum absolute atomic E-state index is 11.8. The molecule has 0 N–H and O–H groups in total. The predicted octanol–water partition coefficient (Wildman–Crippen LogP) is 3.46. The van der Waals surface area contributed by atoms with Gasteiger partial charge in [0.15, 0.2) is 11.0 Å². The first-order valence-corrected chi connectivity index (χ1v) is 9.41. The van der Waals surface area contributed by atoms with E-state index >= 15 is 0 Å². The molecule has 2 aromatic heterocycles. The molecule has 0 radical (unpaired) electrons. The second kappa shape index (κ2) is 6.78. The number of ether oxygens (including phenoxy) is 1. The van der Waals surface area contributed by atoms with Crippen LogP contribution in [0.3, 0.4) is 0 Å². The number of aromatic nitrogens is 3. The van der Waals surface area contributed by atoms with E-state index in [0.717, 1.165) is 22.3 Å². The molecule has 1 aromatic carbocycles. The first kappa shape index (κ1) is 15.4. The minimum Gasteiger partial charge on any atom is -0.465 e. The van der Waals surface area contributed by atoms with E-state index in [1.165, 1.54) is 17.3 Å². The number of benzene rings is 1. The van der Waals surface area contributed by atoms with Crippen molar-refractivity contribution >= 4 is 29.1 Å². The fourth-order valence-electron chi connectivity index (χ4n) is 2.58. The molecule has 3 aromatic rings. The van der Waals surface area contributed by atoms with Gasteiger partial charge in [0.2, 0.25) is 0 Å². The summed E-state index contributed by atoms with van der Waals surface area (Å²) in [5, 5.41) is 11.3. The third-order valence-corrected chi connectivity index (χ3v) is 5.87. The van der Waals surface area contributed by atoms with Gasteiger partial charge in [-0.05, 0) is 17.0 Å². The van der Waals surface area contributed by atoms with Gasteiger partial charge in [-0.1, -0.05) is 48.2 Å².